The normalized spacial score (nSPS) is 24.2. The molecule has 4 saturated carbocycles. The van der Waals surface area contributed by atoms with Crippen molar-refractivity contribution < 1.29 is 0 Å². The van der Waals surface area contributed by atoms with Crippen LogP contribution in [0.3, 0.4) is 0 Å². The van der Waals surface area contributed by atoms with Gasteiger partial charge < -0.3 is 4.57 Å². The molecule has 4 fully saturated rings. The van der Waals surface area contributed by atoms with Crippen LogP contribution in [-0.4, -0.2) is 4.57 Å². The highest BCUT2D eigenvalue weighted by molar-refractivity contribution is 6.10. The van der Waals surface area contributed by atoms with Crippen LogP contribution in [0.25, 0.3) is 71.6 Å². The Morgan fingerprint density at radius 1 is 0.412 bits per heavy atom. The van der Waals surface area contributed by atoms with Crippen molar-refractivity contribution in [1.29, 1.82) is 0 Å². The number of hydrogen-bond donors (Lipinski definition) is 0. The Kier molecular flexibility index (Phi) is 5.73. The zero-order chi connectivity index (χ0) is 33.3. The Bertz CT molecular complexity index is 2680. The summed E-state index contributed by atoms with van der Waals surface area (Å²) in [7, 11) is 0. The van der Waals surface area contributed by atoms with Gasteiger partial charge in [-0.15, -0.1) is 0 Å². The summed E-state index contributed by atoms with van der Waals surface area (Å²) in [4.78, 5) is 0. The standard InChI is InChI=1S/C50H39N/c1-2-8-35-28-36(14-13-33(35)7-1)34-15-19-41(20-16-34)51-48-12-6-4-10-43(48)45-30-38(18-22-49(45)51)37-17-21-47-44(29-37)42-9-3-5-11-46(42)50(47)39-24-31-23-32(26-39)27-40(50)25-31/h1-22,28-32,39-40H,23-27H2. The number of aromatic nitrogens is 1. The molecule has 7 aromatic carbocycles. The van der Waals surface area contributed by atoms with Crippen LogP contribution in [0.1, 0.15) is 43.2 Å². The molecule has 0 saturated heterocycles. The van der Waals surface area contributed by atoms with Crippen LogP contribution in [0.2, 0.25) is 0 Å². The predicted octanol–water partition coefficient (Wildman–Crippen LogP) is 13.0. The molecule has 5 aliphatic carbocycles. The van der Waals surface area contributed by atoms with Gasteiger partial charge in [-0.1, -0.05) is 109 Å². The smallest absolute Gasteiger partial charge is 0.0541 e. The molecular weight excluding hydrogens is 615 g/mol. The Labute approximate surface area is 299 Å². The highest BCUT2D eigenvalue weighted by Gasteiger charge is 2.61. The van der Waals surface area contributed by atoms with Gasteiger partial charge >= 0.3 is 0 Å². The van der Waals surface area contributed by atoms with Gasteiger partial charge in [0.15, 0.2) is 0 Å². The van der Waals surface area contributed by atoms with E-state index in [1.54, 1.807) is 11.1 Å². The fraction of sp³-hybridized carbons (Fsp3) is 0.200. The van der Waals surface area contributed by atoms with E-state index >= 15 is 0 Å². The van der Waals surface area contributed by atoms with E-state index in [1.165, 1.54) is 104 Å². The summed E-state index contributed by atoms with van der Waals surface area (Å²) in [6, 6.07) is 57.5. The Hall–Kier alpha value is -5.40. The quantitative estimate of drug-likeness (QED) is 0.179. The number of fused-ring (bicyclic) bond motifs is 7. The van der Waals surface area contributed by atoms with E-state index < -0.39 is 0 Å². The first-order valence-corrected chi connectivity index (χ1v) is 19.1. The van der Waals surface area contributed by atoms with Crippen LogP contribution in [-0.2, 0) is 5.41 Å². The van der Waals surface area contributed by atoms with E-state index in [4.69, 9.17) is 0 Å². The van der Waals surface area contributed by atoms with Crippen LogP contribution in [0.15, 0.2) is 152 Å². The van der Waals surface area contributed by atoms with E-state index in [1.807, 2.05) is 0 Å². The van der Waals surface area contributed by atoms with Gasteiger partial charge in [-0.05, 0) is 154 Å². The monoisotopic (exact) mass is 653 g/mol. The van der Waals surface area contributed by atoms with Crippen LogP contribution in [0.4, 0.5) is 0 Å². The van der Waals surface area contributed by atoms with Crippen molar-refractivity contribution in [3.05, 3.63) is 163 Å². The maximum absolute atomic E-state index is 2.55. The SMILES string of the molecule is c1ccc2c(c1)-c1cc(-c3ccc4c(c3)c3ccccc3n4-c3ccc(-c4ccc5ccccc5c4)cc3)ccc1C21C2CC3CC(C2)CC1C3. The maximum Gasteiger partial charge on any atom is 0.0541 e. The zero-order valence-corrected chi connectivity index (χ0v) is 28.7. The fourth-order valence-corrected chi connectivity index (χ4v) is 11.9. The highest BCUT2D eigenvalue weighted by Crippen LogP contribution is 2.69. The fourth-order valence-electron chi connectivity index (χ4n) is 11.9. The molecule has 0 aliphatic heterocycles. The first kappa shape index (κ1) is 28.3. The third-order valence-corrected chi connectivity index (χ3v) is 13.8. The minimum Gasteiger partial charge on any atom is -0.309 e. The van der Waals surface area contributed by atoms with Crippen LogP contribution < -0.4 is 0 Å². The third kappa shape index (κ3) is 3.87. The lowest BCUT2D eigenvalue weighted by Gasteiger charge is -2.61. The molecule has 1 aromatic heterocycles. The van der Waals surface area contributed by atoms with Gasteiger partial charge in [-0.25, -0.2) is 0 Å². The molecule has 13 rings (SSSR count). The summed E-state index contributed by atoms with van der Waals surface area (Å²) in [5, 5.41) is 5.16. The molecule has 0 amide bonds. The van der Waals surface area contributed by atoms with Crippen molar-refractivity contribution in [1.82, 2.24) is 4.57 Å². The molecule has 4 bridgehead atoms. The van der Waals surface area contributed by atoms with E-state index in [0.717, 1.165) is 23.7 Å². The Morgan fingerprint density at radius 2 is 1.02 bits per heavy atom. The number of hydrogen-bond acceptors (Lipinski definition) is 0. The van der Waals surface area contributed by atoms with Crippen molar-refractivity contribution in [2.24, 2.45) is 23.7 Å². The van der Waals surface area contributed by atoms with Gasteiger partial charge in [0.1, 0.15) is 0 Å². The van der Waals surface area contributed by atoms with E-state index in [2.05, 4.69) is 156 Å². The topological polar surface area (TPSA) is 4.93 Å². The second-order valence-corrected chi connectivity index (χ2v) is 16.2. The molecule has 1 spiro atoms. The van der Waals surface area contributed by atoms with Crippen molar-refractivity contribution in [3.63, 3.8) is 0 Å². The first-order chi connectivity index (χ1) is 25.2. The molecule has 1 heterocycles. The number of rotatable bonds is 3. The van der Waals surface area contributed by atoms with E-state index in [0.29, 0.717) is 0 Å². The summed E-state index contributed by atoms with van der Waals surface area (Å²) < 4.78 is 2.44. The molecule has 0 unspecified atom stereocenters. The second-order valence-electron chi connectivity index (χ2n) is 16.2. The summed E-state index contributed by atoms with van der Waals surface area (Å²) in [5.41, 5.74) is 15.3. The average molecular weight is 654 g/mol. The van der Waals surface area contributed by atoms with Gasteiger partial charge in [0.25, 0.3) is 0 Å². The minimum absolute atomic E-state index is 0.221. The summed E-state index contributed by atoms with van der Waals surface area (Å²) in [5.74, 6) is 3.52. The van der Waals surface area contributed by atoms with Gasteiger partial charge in [-0.2, -0.15) is 0 Å². The number of nitrogens with zero attached hydrogens (tertiary/aromatic N) is 1. The summed E-state index contributed by atoms with van der Waals surface area (Å²) in [6.07, 6.45) is 7.20. The molecule has 5 aliphatic rings. The lowest BCUT2D eigenvalue weighted by Crippen LogP contribution is -2.55. The molecule has 244 valence electrons. The highest BCUT2D eigenvalue weighted by atomic mass is 15.0. The van der Waals surface area contributed by atoms with Crippen molar-refractivity contribution in [2.75, 3.05) is 0 Å². The third-order valence-electron chi connectivity index (χ3n) is 13.8. The summed E-state index contributed by atoms with van der Waals surface area (Å²) >= 11 is 0. The second kappa shape index (κ2) is 10.3. The average Bonchev–Trinajstić information content (AvgIpc) is 3.67. The van der Waals surface area contributed by atoms with Gasteiger partial charge in [-0.3, -0.25) is 0 Å². The molecule has 8 aromatic rings. The van der Waals surface area contributed by atoms with E-state index in [-0.39, 0.29) is 5.41 Å². The molecular formula is C50H39N. The van der Waals surface area contributed by atoms with Crippen LogP contribution in [0, 0.1) is 23.7 Å². The molecule has 1 heteroatoms. The van der Waals surface area contributed by atoms with Crippen molar-refractivity contribution >= 4 is 32.6 Å². The summed E-state index contributed by atoms with van der Waals surface area (Å²) in [6.45, 7) is 0. The van der Waals surface area contributed by atoms with Crippen molar-refractivity contribution in [2.45, 2.75) is 37.5 Å². The number of para-hydroxylation sites is 1. The molecule has 51 heavy (non-hydrogen) atoms. The lowest BCUT2D eigenvalue weighted by atomic mass is 9.43. The van der Waals surface area contributed by atoms with Gasteiger partial charge in [0.05, 0.1) is 11.0 Å². The Morgan fingerprint density at radius 3 is 1.86 bits per heavy atom. The maximum atomic E-state index is 2.55. The Balaban J connectivity index is 0.963. The van der Waals surface area contributed by atoms with Crippen LogP contribution >= 0.6 is 0 Å². The molecule has 1 nitrogen and oxygen atoms in total. The number of benzene rings is 7. The predicted molar refractivity (Wildman–Crippen MR) is 212 cm³/mol. The van der Waals surface area contributed by atoms with Gasteiger partial charge in [0.2, 0.25) is 0 Å². The zero-order valence-electron chi connectivity index (χ0n) is 28.7. The van der Waals surface area contributed by atoms with Crippen LogP contribution in [0.5, 0.6) is 0 Å². The largest absolute Gasteiger partial charge is 0.309 e. The minimum atomic E-state index is 0.221. The lowest BCUT2D eigenvalue weighted by molar-refractivity contribution is -0.0399. The first-order valence-electron chi connectivity index (χ1n) is 19.1. The molecule has 0 atom stereocenters. The van der Waals surface area contributed by atoms with Gasteiger partial charge in [0, 0.05) is 21.9 Å². The molecule has 0 radical (unpaired) electrons. The van der Waals surface area contributed by atoms with Crippen molar-refractivity contribution in [3.8, 4) is 39.1 Å². The molecule has 0 N–H and O–H groups in total. The van der Waals surface area contributed by atoms with E-state index in [9.17, 15) is 0 Å².